The molecule has 1 aliphatic rings. The number of benzene rings is 2. The lowest BCUT2D eigenvalue weighted by molar-refractivity contribution is -0.151. The van der Waals surface area contributed by atoms with Crippen LogP contribution in [0.5, 0.6) is 5.75 Å². The molecule has 1 heterocycles. The number of anilines is 2. The fraction of sp³-hybridized carbons (Fsp3) is 0.318. The van der Waals surface area contributed by atoms with Crippen LogP contribution >= 0.6 is 0 Å². The number of hydrogen-bond donors (Lipinski definition) is 1. The summed E-state index contributed by atoms with van der Waals surface area (Å²) in [6.45, 7) is 1.88. The van der Waals surface area contributed by atoms with E-state index in [0.29, 0.717) is 11.4 Å². The zero-order valence-electron chi connectivity index (χ0n) is 16.5. The summed E-state index contributed by atoms with van der Waals surface area (Å²) < 4.78 is 10.2. The predicted octanol–water partition coefficient (Wildman–Crippen LogP) is 2.79. The molecule has 0 radical (unpaired) electrons. The van der Waals surface area contributed by atoms with Gasteiger partial charge in [-0.1, -0.05) is 25.1 Å². The molecule has 152 valence electrons. The van der Waals surface area contributed by atoms with Gasteiger partial charge in [0.05, 0.1) is 13.0 Å². The van der Waals surface area contributed by atoms with Crippen molar-refractivity contribution >= 4 is 29.2 Å². The highest BCUT2D eigenvalue weighted by Crippen LogP contribution is 2.29. The van der Waals surface area contributed by atoms with Crippen LogP contribution in [0.15, 0.2) is 48.5 Å². The van der Waals surface area contributed by atoms with E-state index in [9.17, 15) is 14.4 Å². The van der Waals surface area contributed by atoms with E-state index in [-0.39, 0.29) is 18.9 Å². The summed E-state index contributed by atoms with van der Waals surface area (Å²) in [7, 11) is 1.56. The first-order valence-corrected chi connectivity index (χ1v) is 9.50. The first-order chi connectivity index (χ1) is 14.0. The molecule has 2 aromatic rings. The number of nitrogens with one attached hydrogen (secondary N) is 1. The van der Waals surface area contributed by atoms with E-state index < -0.39 is 24.4 Å². The minimum Gasteiger partial charge on any atom is -0.497 e. The normalized spacial score (nSPS) is 15.9. The van der Waals surface area contributed by atoms with Crippen LogP contribution in [0.2, 0.25) is 0 Å². The average molecular weight is 396 g/mol. The standard InChI is InChI=1S/C22H24N2O5/c1-3-15-6-4-5-7-19(15)24-13-16(12-21(24)26)22(27)29-14-20(25)23-17-8-10-18(28-2)11-9-17/h4-11,16H,3,12-14H2,1-2H3,(H,23,25)/t16-/m1/s1. The molecule has 3 rings (SSSR count). The smallest absolute Gasteiger partial charge is 0.311 e. The number of hydrogen-bond acceptors (Lipinski definition) is 5. The monoisotopic (exact) mass is 396 g/mol. The zero-order valence-corrected chi connectivity index (χ0v) is 16.5. The van der Waals surface area contributed by atoms with E-state index in [0.717, 1.165) is 17.7 Å². The molecule has 7 heteroatoms. The van der Waals surface area contributed by atoms with Gasteiger partial charge in [0.15, 0.2) is 6.61 Å². The number of para-hydroxylation sites is 1. The van der Waals surface area contributed by atoms with Crippen LogP contribution in [-0.2, 0) is 25.5 Å². The molecule has 1 aliphatic heterocycles. The van der Waals surface area contributed by atoms with E-state index in [2.05, 4.69) is 5.32 Å². The lowest BCUT2D eigenvalue weighted by Crippen LogP contribution is -2.28. The van der Waals surface area contributed by atoms with E-state index >= 15 is 0 Å². The number of ether oxygens (including phenoxy) is 2. The van der Waals surface area contributed by atoms with E-state index in [1.54, 1.807) is 36.3 Å². The summed E-state index contributed by atoms with van der Waals surface area (Å²) in [4.78, 5) is 38.4. The Balaban J connectivity index is 1.53. The summed E-state index contributed by atoms with van der Waals surface area (Å²) in [5, 5.41) is 2.65. The van der Waals surface area contributed by atoms with Gasteiger partial charge in [-0.2, -0.15) is 0 Å². The van der Waals surface area contributed by atoms with Gasteiger partial charge in [0.25, 0.3) is 5.91 Å². The summed E-state index contributed by atoms with van der Waals surface area (Å²) >= 11 is 0. The highest BCUT2D eigenvalue weighted by molar-refractivity contribution is 6.00. The van der Waals surface area contributed by atoms with Crippen molar-refractivity contribution in [3.8, 4) is 5.75 Å². The van der Waals surface area contributed by atoms with Crippen molar-refractivity contribution in [1.29, 1.82) is 0 Å². The Morgan fingerprint density at radius 3 is 2.55 bits per heavy atom. The third-order valence-corrected chi connectivity index (χ3v) is 4.84. The highest BCUT2D eigenvalue weighted by Gasteiger charge is 2.36. The maximum atomic E-state index is 12.4. The molecule has 0 spiro atoms. The van der Waals surface area contributed by atoms with Crippen molar-refractivity contribution in [1.82, 2.24) is 0 Å². The molecule has 0 unspecified atom stereocenters. The summed E-state index contributed by atoms with van der Waals surface area (Å²) in [6.07, 6.45) is 0.873. The molecule has 0 aromatic heterocycles. The quantitative estimate of drug-likeness (QED) is 0.728. The molecule has 7 nitrogen and oxygen atoms in total. The number of amides is 2. The van der Waals surface area contributed by atoms with Gasteiger partial charge in [-0.3, -0.25) is 14.4 Å². The number of rotatable bonds is 7. The average Bonchev–Trinajstić information content (AvgIpc) is 3.14. The number of carbonyl (C=O) groups is 3. The molecule has 29 heavy (non-hydrogen) atoms. The summed E-state index contributed by atoms with van der Waals surface area (Å²) in [5.74, 6) is -1.01. The first-order valence-electron chi connectivity index (χ1n) is 9.50. The van der Waals surface area contributed by atoms with Crippen molar-refractivity contribution < 1.29 is 23.9 Å². The summed E-state index contributed by atoms with van der Waals surface area (Å²) in [5.41, 5.74) is 2.45. The zero-order chi connectivity index (χ0) is 20.8. The Morgan fingerprint density at radius 2 is 1.86 bits per heavy atom. The van der Waals surface area contributed by atoms with Gasteiger partial charge in [-0.15, -0.1) is 0 Å². The Morgan fingerprint density at radius 1 is 1.14 bits per heavy atom. The maximum absolute atomic E-state index is 12.4. The van der Waals surface area contributed by atoms with Gasteiger partial charge in [-0.25, -0.2) is 0 Å². The molecule has 1 saturated heterocycles. The van der Waals surface area contributed by atoms with Crippen molar-refractivity contribution in [3.05, 3.63) is 54.1 Å². The predicted molar refractivity (Wildman–Crippen MR) is 109 cm³/mol. The van der Waals surface area contributed by atoms with Gasteiger partial charge in [0.2, 0.25) is 5.91 Å². The van der Waals surface area contributed by atoms with E-state index in [4.69, 9.17) is 9.47 Å². The van der Waals surface area contributed by atoms with Crippen LogP contribution in [0.1, 0.15) is 18.9 Å². The molecular formula is C22H24N2O5. The number of methoxy groups -OCH3 is 1. The molecule has 0 aliphatic carbocycles. The third kappa shape index (κ3) is 4.93. The van der Waals surface area contributed by atoms with Crippen LogP contribution in [0, 0.1) is 5.92 Å². The van der Waals surface area contributed by atoms with Gasteiger partial charge in [-0.05, 0) is 42.3 Å². The van der Waals surface area contributed by atoms with Crippen LogP contribution in [0.4, 0.5) is 11.4 Å². The van der Waals surface area contributed by atoms with Gasteiger partial charge >= 0.3 is 5.97 Å². The highest BCUT2D eigenvalue weighted by atomic mass is 16.5. The Bertz CT molecular complexity index is 894. The topological polar surface area (TPSA) is 84.9 Å². The molecule has 1 fully saturated rings. The van der Waals surface area contributed by atoms with Gasteiger partial charge in [0.1, 0.15) is 5.75 Å². The van der Waals surface area contributed by atoms with Crippen molar-refractivity contribution in [2.24, 2.45) is 5.92 Å². The Labute approximate surface area is 169 Å². The number of esters is 1. The fourth-order valence-corrected chi connectivity index (χ4v) is 3.30. The molecule has 1 N–H and O–H groups in total. The lowest BCUT2D eigenvalue weighted by atomic mass is 10.1. The van der Waals surface area contributed by atoms with Crippen LogP contribution < -0.4 is 15.0 Å². The van der Waals surface area contributed by atoms with E-state index in [1.165, 1.54) is 0 Å². The Hall–Kier alpha value is -3.35. The molecule has 0 bridgehead atoms. The Kier molecular flexibility index (Phi) is 6.49. The van der Waals surface area contributed by atoms with Crippen LogP contribution in [-0.4, -0.2) is 38.0 Å². The second kappa shape index (κ2) is 9.23. The maximum Gasteiger partial charge on any atom is 0.311 e. The van der Waals surface area contributed by atoms with Gasteiger partial charge in [0, 0.05) is 24.3 Å². The second-order valence-corrected chi connectivity index (χ2v) is 6.77. The minimum atomic E-state index is -0.582. The SMILES string of the molecule is CCc1ccccc1N1C[C@H](C(=O)OCC(=O)Nc2ccc(OC)cc2)CC1=O. The van der Waals surface area contributed by atoms with Crippen LogP contribution in [0.3, 0.4) is 0 Å². The minimum absolute atomic E-state index is 0.0803. The molecule has 2 amide bonds. The number of nitrogens with zero attached hydrogens (tertiary/aromatic N) is 1. The number of carbonyl (C=O) groups excluding carboxylic acids is 3. The largest absolute Gasteiger partial charge is 0.497 e. The second-order valence-electron chi connectivity index (χ2n) is 6.77. The van der Waals surface area contributed by atoms with Crippen LogP contribution in [0.25, 0.3) is 0 Å². The fourth-order valence-electron chi connectivity index (χ4n) is 3.30. The van der Waals surface area contributed by atoms with Crippen molar-refractivity contribution in [3.63, 3.8) is 0 Å². The molecule has 0 saturated carbocycles. The van der Waals surface area contributed by atoms with E-state index in [1.807, 2.05) is 31.2 Å². The molecule has 2 aromatic carbocycles. The van der Waals surface area contributed by atoms with Gasteiger partial charge < -0.3 is 19.7 Å². The third-order valence-electron chi connectivity index (χ3n) is 4.84. The number of aryl methyl sites for hydroxylation is 1. The summed E-state index contributed by atoms with van der Waals surface area (Å²) in [6, 6.07) is 14.5. The first kappa shape index (κ1) is 20.4. The molecule has 1 atom stereocenters. The van der Waals surface area contributed by atoms with Crippen molar-refractivity contribution in [2.75, 3.05) is 30.5 Å². The van der Waals surface area contributed by atoms with Crippen molar-refractivity contribution in [2.45, 2.75) is 19.8 Å². The molecular weight excluding hydrogens is 372 g/mol. The lowest BCUT2D eigenvalue weighted by Gasteiger charge is -2.19.